The molecule has 0 radical (unpaired) electrons. The molecule has 124 valence electrons. The van der Waals surface area contributed by atoms with Gasteiger partial charge in [-0.3, -0.25) is 0 Å². The number of hydrogen-bond donors (Lipinski definition) is 3. The predicted octanol–water partition coefficient (Wildman–Crippen LogP) is 3.05. The lowest BCUT2D eigenvalue weighted by molar-refractivity contribution is 0.969. The molecule has 0 atom stereocenters. The number of benzene rings is 2. The van der Waals surface area contributed by atoms with E-state index in [9.17, 15) is 0 Å². The van der Waals surface area contributed by atoms with E-state index in [1.54, 1.807) is 18.3 Å². The quantitative estimate of drug-likeness (QED) is 0.489. The maximum Gasteiger partial charge on any atom is 0.164 e. The number of para-hydroxylation sites is 1. The van der Waals surface area contributed by atoms with Crippen LogP contribution in [0.15, 0.2) is 54.9 Å². The molecule has 6 heteroatoms. The monoisotopic (exact) mass is 330 g/mol. The van der Waals surface area contributed by atoms with Gasteiger partial charge in [-0.1, -0.05) is 18.2 Å². The number of nitrogen functional groups attached to an aromatic ring is 3. The number of anilines is 3. The zero-order chi connectivity index (χ0) is 17.6. The normalized spacial score (nSPS) is 11.1. The van der Waals surface area contributed by atoms with Gasteiger partial charge in [-0.05, 0) is 24.3 Å². The number of nitrogens with two attached hydrogens (primary N) is 3. The molecular formula is C19H18N6. The SMILES string of the molecule is Cn1cc(-c2ccnc(-c3c(N)ccc(N)c3N)n2)c2ccccc21. The van der Waals surface area contributed by atoms with E-state index in [0.717, 1.165) is 22.2 Å². The highest BCUT2D eigenvalue weighted by molar-refractivity contribution is 5.96. The van der Waals surface area contributed by atoms with Crippen LogP contribution >= 0.6 is 0 Å². The Labute approximate surface area is 144 Å². The Bertz CT molecular complexity index is 1100. The number of hydrogen-bond acceptors (Lipinski definition) is 5. The van der Waals surface area contributed by atoms with Crippen molar-refractivity contribution < 1.29 is 0 Å². The van der Waals surface area contributed by atoms with E-state index < -0.39 is 0 Å². The highest BCUT2D eigenvalue weighted by Crippen LogP contribution is 2.35. The Morgan fingerprint density at radius 3 is 2.52 bits per heavy atom. The van der Waals surface area contributed by atoms with Gasteiger partial charge >= 0.3 is 0 Å². The molecule has 0 bridgehead atoms. The van der Waals surface area contributed by atoms with Gasteiger partial charge in [0.25, 0.3) is 0 Å². The van der Waals surface area contributed by atoms with E-state index in [-0.39, 0.29) is 0 Å². The molecule has 0 amide bonds. The standard InChI is InChI=1S/C19H18N6/c1-25-10-12(11-4-2-3-5-16(11)25)15-8-9-23-19(24-15)17-13(20)6-7-14(21)18(17)22/h2-10H,20-22H2,1H3. The average molecular weight is 330 g/mol. The first-order valence-electron chi connectivity index (χ1n) is 7.87. The van der Waals surface area contributed by atoms with Crippen molar-refractivity contribution >= 4 is 28.0 Å². The molecule has 0 aliphatic carbocycles. The highest BCUT2D eigenvalue weighted by Gasteiger charge is 2.15. The van der Waals surface area contributed by atoms with Crippen molar-refractivity contribution in [3.05, 3.63) is 54.9 Å². The summed E-state index contributed by atoms with van der Waals surface area (Å²) in [6.07, 6.45) is 3.77. The van der Waals surface area contributed by atoms with Gasteiger partial charge in [0.2, 0.25) is 0 Å². The van der Waals surface area contributed by atoms with E-state index >= 15 is 0 Å². The summed E-state index contributed by atoms with van der Waals surface area (Å²) in [5, 5.41) is 1.13. The topological polar surface area (TPSA) is 109 Å². The van der Waals surface area contributed by atoms with E-state index in [2.05, 4.69) is 27.9 Å². The third-order valence-corrected chi connectivity index (χ3v) is 4.36. The lowest BCUT2D eigenvalue weighted by atomic mass is 10.1. The first-order chi connectivity index (χ1) is 12.1. The number of aryl methyl sites for hydroxylation is 1. The second kappa shape index (κ2) is 5.52. The van der Waals surface area contributed by atoms with Crippen LogP contribution in [0.25, 0.3) is 33.5 Å². The van der Waals surface area contributed by atoms with Crippen LogP contribution in [-0.2, 0) is 7.05 Å². The van der Waals surface area contributed by atoms with E-state index in [1.807, 2.05) is 25.2 Å². The fraction of sp³-hybridized carbons (Fsp3) is 0.0526. The van der Waals surface area contributed by atoms with Crippen LogP contribution in [0.5, 0.6) is 0 Å². The molecule has 2 aromatic heterocycles. The summed E-state index contributed by atoms with van der Waals surface area (Å²) in [5.74, 6) is 0.465. The van der Waals surface area contributed by atoms with Crippen molar-refractivity contribution in [2.45, 2.75) is 0 Å². The van der Waals surface area contributed by atoms with Gasteiger partial charge < -0.3 is 21.8 Å². The Hall–Kier alpha value is -3.54. The van der Waals surface area contributed by atoms with Crippen molar-refractivity contribution in [1.29, 1.82) is 0 Å². The van der Waals surface area contributed by atoms with Crippen LogP contribution in [0.3, 0.4) is 0 Å². The molecule has 6 nitrogen and oxygen atoms in total. The van der Waals surface area contributed by atoms with Gasteiger partial charge in [-0.15, -0.1) is 0 Å². The van der Waals surface area contributed by atoms with E-state index in [1.165, 1.54) is 0 Å². The first kappa shape index (κ1) is 15.0. The van der Waals surface area contributed by atoms with Crippen molar-refractivity contribution in [3.8, 4) is 22.6 Å². The second-order valence-electron chi connectivity index (χ2n) is 5.97. The maximum absolute atomic E-state index is 6.11. The molecule has 4 rings (SSSR count). The summed E-state index contributed by atoms with van der Waals surface area (Å²) in [5.41, 5.74) is 23.0. The van der Waals surface area contributed by atoms with E-state index in [4.69, 9.17) is 22.2 Å². The van der Waals surface area contributed by atoms with Crippen LogP contribution in [0, 0.1) is 0 Å². The smallest absolute Gasteiger partial charge is 0.164 e. The largest absolute Gasteiger partial charge is 0.398 e. The van der Waals surface area contributed by atoms with Crippen LogP contribution in [0.4, 0.5) is 17.1 Å². The number of nitrogens with zero attached hydrogens (tertiary/aromatic N) is 3. The molecule has 2 aromatic carbocycles. The van der Waals surface area contributed by atoms with E-state index in [0.29, 0.717) is 28.5 Å². The molecule has 0 aliphatic heterocycles. The lowest BCUT2D eigenvalue weighted by Gasteiger charge is -2.11. The van der Waals surface area contributed by atoms with Crippen molar-refractivity contribution in [3.63, 3.8) is 0 Å². The van der Waals surface area contributed by atoms with Crippen LogP contribution < -0.4 is 17.2 Å². The maximum atomic E-state index is 6.11. The summed E-state index contributed by atoms with van der Waals surface area (Å²) in [4.78, 5) is 9.05. The minimum atomic E-state index is 0.398. The molecule has 25 heavy (non-hydrogen) atoms. The molecule has 4 aromatic rings. The minimum Gasteiger partial charge on any atom is -0.398 e. The minimum absolute atomic E-state index is 0.398. The summed E-state index contributed by atoms with van der Waals surface area (Å²) in [6, 6.07) is 13.5. The molecule has 0 saturated heterocycles. The van der Waals surface area contributed by atoms with Crippen LogP contribution in [-0.4, -0.2) is 14.5 Å². The number of fused-ring (bicyclic) bond motifs is 1. The van der Waals surface area contributed by atoms with Crippen molar-refractivity contribution in [1.82, 2.24) is 14.5 Å². The Morgan fingerprint density at radius 2 is 1.68 bits per heavy atom. The zero-order valence-corrected chi connectivity index (χ0v) is 13.8. The Balaban J connectivity index is 1.93. The predicted molar refractivity (Wildman–Crippen MR) is 103 cm³/mol. The molecule has 0 spiro atoms. The fourth-order valence-electron chi connectivity index (χ4n) is 3.08. The van der Waals surface area contributed by atoms with Gasteiger partial charge in [-0.2, -0.15) is 0 Å². The number of rotatable bonds is 2. The summed E-state index contributed by atoms with van der Waals surface area (Å²) in [6.45, 7) is 0. The molecule has 2 heterocycles. The third kappa shape index (κ3) is 2.35. The molecule has 0 aliphatic rings. The van der Waals surface area contributed by atoms with Gasteiger partial charge in [0.05, 0.1) is 22.6 Å². The van der Waals surface area contributed by atoms with Gasteiger partial charge in [0.15, 0.2) is 5.82 Å². The fourth-order valence-corrected chi connectivity index (χ4v) is 3.08. The molecule has 6 N–H and O–H groups in total. The second-order valence-corrected chi connectivity index (χ2v) is 5.97. The van der Waals surface area contributed by atoms with Crippen molar-refractivity contribution in [2.75, 3.05) is 17.2 Å². The van der Waals surface area contributed by atoms with Crippen LogP contribution in [0.1, 0.15) is 0 Å². The zero-order valence-electron chi connectivity index (χ0n) is 13.8. The molecule has 0 fully saturated rings. The lowest BCUT2D eigenvalue weighted by Crippen LogP contribution is -2.03. The van der Waals surface area contributed by atoms with Crippen LogP contribution in [0.2, 0.25) is 0 Å². The van der Waals surface area contributed by atoms with Gasteiger partial charge in [0, 0.05) is 41.6 Å². The molecule has 0 unspecified atom stereocenters. The number of aromatic nitrogens is 3. The average Bonchev–Trinajstić information content (AvgIpc) is 2.96. The Morgan fingerprint density at radius 1 is 0.920 bits per heavy atom. The third-order valence-electron chi connectivity index (χ3n) is 4.36. The summed E-state index contributed by atoms with van der Waals surface area (Å²) >= 11 is 0. The van der Waals surface area contributed by atoms with Gasteiger partial charge in [-0.25, -0.2) is 9.97 Å². The Kier molecular flexibility index (Phi) is 3.32. The summed E-state index contributed by atoms with van der Waals surface area (Å²) < 4.78 is 2.08. The van der Waals surface area contributed by atoms with Gasteiger partial charge in [0.1, 0.15) is 0 Å². The first-order valence-corrected chi connectivity index (χ1v) is 7.87. The van der Waals surface area contributed by atoms with Crippen molar-refractivity contribution in [2.24, 2.45) is 7.05 Å². The summed E-state index contributed by atoms with van der Waals surface area (Å²) in [7, 11) is 2.02. The highest BCUT2D eigenvalue weighted by atomic mass is 14.9. The molecule has 0 saturated carbocycles. The molecular weight excluding hydrogens is 312 g/mol.